The molecule has 156 valence electrons. The van der Waals surface area contributed by atoms with Crippen LogP contribution in [0.5, 0.6) is 5.75 Å². The van der Waals surface area contributed by atoms with E-state index >= 15 is 0 Å². The van der Waals surface area contributed by atoms with Gasteiger partial charge in [0.15, 0.2) is 0 Å². The van der Waals surface area contributed by atoms with Crippen molar-refractivity contribution in [1.29, 1.82) is 0 Å². The molecule has 1 fully saturated rings. The molecule has 2 aromatic carbocycles. The fraction of sp³-hybridized carbons (Fsp3) is 0.381. The molecule has 0 unspecified atom stereocenters. The van der Waals surface area contributed by atoms with Crippen molar-refractivity contribution < 1.29 is 23.1 Å². The Morgan fingerprint density at radius 2 is 1.83 bits per heavy atom. The van der Waals surface area contributed by atoms with Gasteiger partial charge in [-0.3, -0.25) is 0 Å². The number of hydrogen-bond acceptors (Lipinski definition) is 5. The number of ether oxygens (including phenoxy) is 1. The van der Waals surface area contributed by atoms with Crippen LogP contribution in [0.4, 0.5) is 5.69 Å². The maximum absolute atomic E-state index is 12.6. The Morgan fingerprint density at radius 1 is 1.14 bits per heavy atom. The first-order valence-electron chi connectivity index (χ1n) is 9.65. The van der Waals surface area contributed by atoms with Gasteiger partial charge in [-0.2, -0.15) is 0 Å². The number of methoxy groups -OCH3 is 1. The molecule has 0 amide bonds. The molecule has 29 heavy (non-hydrogen) atoms. The Kier molecular flexibility index (Phi) is 6.76. The Balaban J connectivity index is 1.69. The molecule has 1 saturated carbocycles. The van der Waals surface area contributed by atoms with Crippen molar-refractivity contribution >= 4 is 21.7 Å². The summed E-state index contributed by atoms with van der Waals surface area (Å²) in [6, 6.07) is 11.7. The zero-order valence-corrected chi connectivity index (χ0v) is 17.2. The summed E-state index contributed by atoms with van der Waals surface area (Å²) >= 11 is 0. The van der Waals surface area contributed by atoms with Crippen molar-refractivity contribution in [3.05, 3.63) is 53.6 Å². The van der Waals surface area contributed by atoms with Gasteiger partial charge in [-0.25, -0.2) is 17.9 Å². The van der Waals surface area contributed by atoms with Crippen LogP contribution in [0.2, 0.25) is 0 Å². The molecule has 7 nitrogen and oxygen atoms in total. The molecule has 0 radical (unpaired) electrons. The summed E-state index contributed by atoms with van der Waals surface area (Å²) in [7, 11) is -2.13. The Bertz CT molecular complexity index is 952. The quantitative estimate of drug-likeness (QED) is 0.577. The minimum Gasteiger partial charge on any atom is -0.497 e. The number of benzene rings is 2. The van der Waals surface area contributed by atoms with Crippen molar-refractivity contribution in [2.24, 2.45) is 0 Å². The molecule has 0 saturated heterocycles. The number of carboxylic acids is 1. The summed E-state index contributed by atoms with van der Waals surface area (Å²) in [5.41, 5.74) is 1.41. The van der Waals surface area contributed by atoms with Crippen LogP contribution in [0.3, 0.4) is 0 Å². The third kappa shape index (κ3) is 5.48. The number of hydrogen-bond donors (Lipinski definition) is 3. The highest BCUT2D eigenvalue weighted by atomic mass is 32.2. The SMILES string of the molecule is COc1ccc(CCNc2ccc(S(=O)(=O)NC3CCCC3)cc2C(=O)O)cc1. The Morgan fingerprint density at radius 3 is 2.45 bits per heavy atom. The molecule has 0 aromatic heterocycles. The first kappa shape index (κ1) is 21.1. The van der Waals surface area contributed by atoms with Crippen LogP contribution < -0.4 is 14.8 Å². The first-order chi connectivity index (χ1) is 13.9. The molecule has 1 aliphatic carbocycles. The minimum absolute atomic E-state index is 0.0255. The minimum atomic E-state index is -3.74. The van der Waals surface area contributed by atoms with E-state index in [0.717, 1.165) is 37.0 Å². The topological polar surface area (TPSA) is 105 Å². The molecule has 8 heteroatoms. The van der Waals surface area contributed by atoms with Gasteiger partial charge in [0.2, 0.25) is 10.0 Å². The Labute approximate surface area is 171 Å². The van der Waals surface area contributed by atoms with Gasteiger partial charge in [0.05, 0.1) is 17.6 Å². The molecule has 1 aliphatic rings. The van der Waals surface area contributed by atoms with Crippen molar-refractivity contribution in [3.63, 3.8) is 0 Å². The van der Waals surface area contributed by atoms with Crippen molar-refractivity contribution in [3.8, 4) is 5.75 Å². The number of sulfonamides is 1. The molecular formula is C21H26N2O5S. The van der Waals surface area contributed by atoms with E-state index in [9.17, 15) is 18.3 Å². The van der Waals surface area contributed by atoms with Gasteiger partial charge in [-0.05, 0) is 55.2 Å². The zero-order chi connectivity index (χ0) is 20.9. The van der Waals surface area contributed by atoms with Gasteiger partial charge < -0.3 is 15.2 Å². The number of aromatic carboxylic acids is 1. The van der Waals surface area contributed by atoms with Crippen LogP contribution >= 0.6 is 0 Å². The second kappa shape index (κ2) is 9.28. The predicted octanol–water partition coefficient (Wildman–Crippen LogP) is 3.27. The van der Waals surface area contributed by atoms with E-state index in [2.05, 4.69) is 10.0 Å². The highest BCUT2D eigenvalue weighted by Gasteiger charge is 2.24. The largest absolute Gasteiger partial charge is 0.497 e. The fourth-order valence-electron chi connectivity index (χ4n) is 3.49. The lowest BCUT2D eigenvalue weighted by molar-refractivity contribution is 0.0697. The smallest absolute Gasteiger partial charge is 0.337 e. The van der Waals surface area contributed by atoms with Gasteiger partial charge in [0, 0.05) is 18.3 Å². The summed E-state index contributed by atoms with van der Waals surface area (Å²) in [4.78, 5) is 11.7. The molecule has 3 N–H and O–H groups in total. The normalized spacial score (nSPS) is 14.7. The summed E-state index contributed by atoms with van der Waals surface area (Å²) in [6.45, 7) is 0.513. The maximum atomic E-state index is 12.6. The molecule has 2 aromatic rings. The zero-order valence-electron chi connectivity index (χ0n) is 16.3. The average Bonchev–Trinajstić information content (AvgIpc) is 3.20. The monoisotopic (exact) mass is 418 g/mol. The highest BCUT2D eigenvalue weighted by molar-refractivity contribution is 7.89. The number of carbonyl (C=O) groups is 1. The van der Waals surface area contributed by atoms with Crippen molar-refractivity contribution in [2.45, 2.75) is 43.0 Å². The molecule has 0 heterocycles. The fourth-order valence-corrected chi connectivity index (χ4v) is 4.82. The van der Waals surface area contributed by atoms with E-state index in [1.54, 1.807) is 7.11 Å². The van der Waals surface area contributed by atoms with E-state index in [1.807, 2.05) is 24.3 Å². The first-order valence-corrected chi connectivity index (χ1v) is 11.1. The summed E-state index contributed by atoms with van der Waals surface area (Å²) in [6.07, 6.45) is 4.33. The number of anilines is 1. The average molecular weight is 419 g/mol. The van der Waals surface area contributed by atoms with Crippen LogP contribution in [0, 0.1) is 0 Å². The maximum Gasteiger partial charge on any atom is 0.337 e. The second-order valence-electron chi connectivity index (χ2n) is 7.14. The molecule has 0 aliphatic heterocycles. The molecule has 0 spiro atoms. The van der Waals surface area contributed by atoms with E-state index in [0.29, 0.717) is 18.7 Å². The Hall–Kier alpha value is -2.58. The molecular weight excluding hydrogens is 392 g/mol. The predicted molar refractivity (Wildman–Crippen MR) is 111 cm³/mol. The summed E-state index contributed by atoms with van der Waals surface area (Å²) in [5, 5.41) is 12.6. The second-order valence-corrected chi connectivity index (χ2v) is 8.85. The third-order valence-corrected chi connectivity index (χ3v) is 6.62. The number of nitrogens with one attached hydrogen (secondary N) is 2. The highest BCUT2D eigenvalue weighted by Crippen LogP contribution is 2.24. The lowest BCUT2D eigenvalue weighted by Gasteiger charge is -2.15. The lowest BCUT2D eigenvalue weighted by Crippen LogP contribution is -2.32. The van der Waals surface area contributed by atoms with E-state index in [4.69, 9.17) is 4.74 Å². The number of carboxylic acid groups (broad SMARTS) is 1. The molecule has 0 atom stereocenters. The number of rotatable bonds is 9. The molecule has 3 rings (SSSR count). The van der Waals surface area contributed by atoms with E-state index < -0.39 is 16.0 Å². The molecule has 0 bridgehead atoms. The van der Waals surface area contributed by atoms with Crippen molar-refractivity contribution in [2.75, 3.05) is 19.0 Å². The van der Waals surface area contributed by atoms with Crippen LogP contribution in [-0.2, 0) is 16.4 Å². The standard InChI is InChI=1S/C21H26N2O5S/c1-28-17-8-6-15(7-9-17)12-13-22-20-11-10-18(14-19(20)21(24)25)29(26,27)23-16-4-2-3-5-16/h6-11,14,16,22-23H,2-5,12-13H2,1H3,(H,24,25). The lowest BCUT2D eigenvalue weighted by atomic mass is 10.1. The van der Waals surface area contributed by atoms with E-state index in [1.165, 1.54) is 18.2 Å². The van der Waals surface area contributed by atoms with Gasteiger partial charge in [0.25, 0.3) is 0 Å². The van der Waals surface area contributed by atoms with Crippen LogP contribution in [-0.4, -0.2) is 39.2 Å². The van der Waals surface area contributed by atoms with Gasteiger partial charge in [0.1, 0.15) is 5.75 Å². The van der Waals surface area contributed by atoms with Crippen LogP contribution in [0.15, 0.2) is 47.4 Å². The van der Waals surface area contributed by atoms with Gasteiger partial charge in [-0.1, -0.05) is 25.0 Å². The summed E-state index contributed by atoms with van der Waals surface area (Å²) < 4.78 is 33.0. The third-order valence-electron chi connectivity index (χ3n) is 5.10. The van der Waals surface area contributed by atoms with Gasteiger partial charge in [-0.15, -0.1) is 0 Å². The van der Waals surface area contributed by atoms with Crippen LogP contribution in [0.1, 0.15) is 41.6 Å². The van der Waals surface area contributed by atoms with Gasteiger partial charge >= 0.3 is 5.97 Å². The van der Waals surface area contributed by atoms with Crippen LogP contribution in [0.25, 0.3) is 0 Å². The van der Waals surface area contributed by atoms with E-state index in [-0.39, 0.29) is 16.5 Å². The summed E-state index contributed by atoms with van der Waals surface area (Å²) in [5.74, 6) is -0.396. The van der Waals surface area contributed by atoms with Crippen molar-refractivity contribution in [1.82, 2.24) is 4.72 Å².